The lowest BCUT2D eigenvalue weighted by Gasteiger charge is -2.29. The second kappa shape index (κ2) is 8.42. The fourth-order valence-corrected chi connectivity index (χ4v) is 4.11. The molecule has 1 aromatic carbocycles. The van der Waals surface area contributed by atoms with Gasteiger partial charge >= 0.3 is 0 Å². The van der Waals surface area contributed by atoms with Gasteiger partial charge in [-0.2, -0.15) is 0 Å². The Hall–Kier alpha value is -2.58. The van der Waals surface area contributed by atoms with Crippen LogP contribution in [0.4, 0.5) is 5.69 Å². The minimum Gasteiger partial charge on any atom is -0.396 e. The molecule has 8 heteroatoms. The van der Waals surface area contributed by atoms with Crippen molar-refractivity contribution in [2.75, 3.05) is 18.5 Å². The molecular formula is C21H28N6O2. The Morgan fingerprint density at radius 1 is 1.31 bits per heavy atom. The Morgan fingerprint density at radius 3 is 2.66 bits per heavy atom. The van der Waals surface area contributed by atoms with Gasteiger partial charge in [0.1, 0.15) is 0 Å². The standard InChI is InChI=1S/C21H28N6O2/c1-2-18(29)23-16-7-5-15(6-8-16)19(20-24-25-26-27(20)17-9-10-17)22-13-21(14-28)11-3-4-12-21/h2,5-8,17,19,22,28H,1,3-4,9-14H2,(H,23,29). The third kappa shape index (κ3) is 4.38. The summed E-state index contributed by atoms with van der Waals surface area (Å²) in [6, 6.07) is 7.88. The van der Waals surface area contributed by atoms with Crippen LogP contribution in [0.15, 0.2) is 36.9 Å². The van der Waals surface area contributed by atoms with Crippen molar-refractivity contribution in [1.82, 2.24) is 25.5 Å². The van der Waals surface area contributed by atoms with E-state index in [2.05, 4.69) is 32.7 Å². The van der Waals surface area contributed by atoms with Gasteiger partial charge in [0.05, 0.1) is 12.1 Å². The molecule has 0 spiro atoms. The zero-order chi connectivity index (χ0) is 20.3. The van der Waals surface area contributed by atoms with Gasteiger partial charge in [0.25, 0.3) is 0 Å². The van der Waals surface area contributed by atoms with Crippen LogP contribution in [0.5, 0.6) is 0 Å². The monoisotopic (exact) mass is 396 g/mol. The molecule has 1 unspecified atom stereocenters. The molecule has 2 aromatic rings. The summed E-state index contributed by atoms with van der Waals surface area (Å²) < 4.78 is 1.92. The molecule has 1 heterocycles. The van der Waals surface area contributed by atoms with E-state index in [9.17, 15) is 9.90 Å². The Kier molecular flexibility index (Phi) is 5.73. The summed E-state index contributed by atoms with van der Waals surface area (Å²) in [5, 5.41) is 28.9. The molecule has 4 rings (SSSR count). The van der Waals surface area contributed by atoms with Gasteiger partial charge in [0.2, 0.25) is 5.91 Å². The summed E-state index contributed by atoms with van der Waals surface area (Å²) in [5.41, 5.74) is 1.65. The van der Waals surface area contributed by atoms with Crippen LogP contribution in [0.1, 0.15) is 62.0 Å². The van der Waals surface area contributed by atoms with E-state index in [0.29, 0.717) is 18.3 Å². The van der Waals surface area contributed by atoms with E-state index in [4.69, 9.17) is 0 Å². The second-order valence-electron chi connectivity index (χ2n) is 8.21. The molecule has 0 saturated heterocycles. The number of carbonyl (C=O) groups is 1. The number of hydrogen-bond donors (Lipinski definition) is 3. The molecule has 1 amide bonds. The average molecular weight is 396 g/mol. The fourth-order valence-electron chi connectivity index (χ4n) is 4.11. The number of rotatable bonds is 9. The van der Waals surface area contributed by atoms with E-state index < -0.39 is 0 Å². The van der Waals surface area contributed by atoms with Gasteiger partial charge in [-0.3, -0.25) is 4.79 Å². The highest BCUT2D eigenvalue weighted by atomic mass is 16.3. The molecule has 2 aliphatic carbocycles. The van der Waals surface area contributed by atoms with Crippen LogP contribution in [0.25, 0.3) is 0 Å². The van der Waals surface area contributed by atoms with Gasteiger partial charge in [-0.05, 0) is 59.9 Å². The number of aliphatic hydroxyl groups excluding tert-OH is 1. The molecule has 2 aliphatic rings. The second-order valence-corrected chi connectivity index (χ2v) is 8.21. The van der Waals surface area contributed by atoms with Gasteiger partial charge in [0.15, 0.2) is 5.82 Å². The van der Waals surface area contributed by atoms with Crippen molar-refractivity contribution in [1.29, 1.82) is 0 Å². The van der Waals surface area contributed by atoms with Crippen molar-refractivity contribution < 1.29 is 9.90 Å². The largest absolute Gasteiger partial charge is 0.396 e. The first-order valence-electron chi connectivity index (χ1n) is 10.3. The number of tetrazole rings is 1. The predicted octanol–water partition coefficient (Wildman–Crippen LogP) is 2.36. The van der Waals surface area contributed by atoms with Crippen molar-refractivity contribution in [3.63, 3.8) is 0 Å². The SMILES string of the molecule is C=CC(=O)Nc1ccc(C(NCC2(CO)CCCC2)c2nnnn2C2CC2)cc1. The van der Waals surface area contributed by atoms with Gasteiger partial charge in [0, 0.05) is 24.3 Å². The maximum absolute atomic E-state index is 11.5. The third-order valence-electron chi connectivity index (χ3n) is 6.05. The van der Waals surface area contributed by atoms with E-state index in [-0.39, 0.29) is 24.0 Å². The number of aromatic nitrogens is 4. The highest BCUT2D eigenvalue weighted by molar-refractivity contribution is 5.98. The first-order valence-corrected chi connectivity index (χ1v) is 10.3. The van der Waals surface area contributed by atoms with Crippen LogP contribution >= 0.6 is 0 Å². The first kappa shape index (κ1) is 19.7. The molecule has 8 nitrogen and oxygen atoms in total. The van der Waals surface area contributed by atoms with E-state index in [1.165, 1.54) is 6.08 Å². The number of aliphatic hydroxyl groups is 1. The average Bonchev–Trinajstić information content (AvgIpc) is 3.28. The predicted molar refractivity (Wildman–Crippen MR) is 109 cm³/mol. The summed E-state index contributed by atoms with van der Waals surface area (Å²) in [6.07, 6.45) is 7.81. The van der Waals surface area contributed by atoms with Gasteiger partial charge in [-0.1, -0.05) is 31.6 Å². The molecule has 29 heavy (non-hydrogen) atoms. The molecule has 2 fully saturated rings. The van der Waals surface area contributed by atoms with Crippen molar-refractivity contribution in [3.8, 4) is 0 Å². The lowest BCUT2D eigenvalue weighted by Crippen LogP contribution is -2.38. The third-order valence-corrected chi connectivity index (χ3v) is 6.05. The van der Waals surface area contributed by atoms with Crippen molar-refractivity contribution in [2.24, 2.45) is 5.41 Å². The molecule has 154 valence electrons. The van der Waals surface area contributed by atoms with E-state index in [1.807, 2.05) is 28.9 Å². The number of amides is 1. The Labute approximate surface area is 170 Å². The van der Waals surface area contributed by atoms with Gasteiger partial charge in [-0.25, -0.2) is 4.68 Å². The van der Waals surface area contributed by atoms with Crippen LogP contribution in [-0.4, -0.2) is 44.4 Å². The van der Waals surface area contributed by atoms with Crippen LogP contribution < -0.4 is 10.6 Å². The summed E-state index contributed by atoms with van der Waals surface area (Å²) in [5.74, 6) is 0.553. The summed E-state index contributed by atoms with van der Waals surface area (Å²) in [6.45, 7) is 4.37. The highest BCUT2D eigenvalue weighted by Gasteiger charge is 2.36. The van der Waals surface area contributed by atoms with Crippen LogP contribution in [-0.2, 0) is 4.79 Å². The molecule has 0 bridgehead atoms. The summed E-state index contributed by atoms with van der Waals surface area (Å²) in [7, 11) is 0. The molecule has 1 atom stereocenters. The Morgan fingerprint density at radius 2 is 2.03 bits per heavy atom. The minimum absolute atomic E-state index is 0.0754. The Bertz CT molecular complexity index is 852. The molecule has 0 aliphatic heterocycles. The summed E-state index contributed by atoms with van der Waals surface area (Å²) >= 11 is 0. The molecular weight excluding hydrogens is 368 g/mol. The highest BCUT2D eigenvalue weighted by Crippen LogP contribution is 2.39. The normalized spacial score (nSPS) is 19.1. The van der Waals surface area contributed by atoms with Crippen LogP contribution in [0.2, 0.25) is 0 Å². The smallest absolute Gasteiger partial charge is 0.247 e. The zero-order valence-corrected chi connectivity index (χ0v) is 16.5. The molecule has 1 aromatic heterocycles. The number of nitrogens with zero attached hydrogens (tertiary/aromatic N) is 4. The van der Waals surface area contributed by atoms with E-state index in [1.54, 1.807) is 0 Å². The lowest BCUT2D eigenvalue weighted by molar-refractivity contribution is -0.111. The van der Waals surface area contributed by atoms with Gasteiger partial charge < -0.3 is 15.7 Å². The zero-order valence-electron chi connectivity index (χ0n) is 16.5. The summed E-state index contributed by atoms with van der Waals surface area (Å²) in [4.78, 5) is 11.5. The number of nitrogens with one attached hydrogen (secondary N) is 2. The molecule has 3 N–H and O–H groups in total. The van der Waals surface area contributed by atoms with Crippen LogP contribution in [0, 0.1) is 5.41 Å². The minimum atomic E-state index is -0.240. The fraction of sp³-hybridized carbons (Fsp3) is 0.524. The molecule has 0 radical (unpaired) electrons. The maximum atomic E-state index is 11.5. The lowest BCUT2D eigenvalue weighted by atomic mass is 9.86. The number of carbonyl (C=O) groups excluding carboxylic acids is 1. The topological polar surface area (TPSA) is 105 Å². The number of hydrogen-bond acceptors (Lipinski definition) is 6. The maximum Gasteiger partial charge on any atom is 0.247 e. The van der Waals surface area contributed by atoms with Crippen molar-refractivity contribution in [3.05, 3.63) is 48.3 Å². The van der Waals surface area contributed by atoms with Crippen molar-refractivity contribution >= 4 is 11.6 Å². The van der Waals surface area contributed by atoms with Crippen LogP contribution in [0.3, 0.4) is 0 Å². The van der Waals surface area contributed by atoms with Crippen molar-refractivity contribution in [2.45, 2.75) is 50.6 Å². The first-order chi connectivity index (χ1) is 14.1. The van der Waals surface area contributed by atoms with E-state index >= 15 is 0 Å². The number of anilines is 1. The van der Waals surface area contributed by atoms with E-state index in [0.717, 1.165) is 49.9 Å². The molecule has 2 saturated carbocycles. The quantitative estimate of drug-likeness (QED) is 0.562. The Balaban J connectivity index is 1.58. The van der Waals surface area contributed by atoms with Gasteiger partial charge in [-0.15, -0.1) is 5.10 Å². The number of benzene rings is 1.